The zero-order valence-corrected chi connectivity index (χ0v) is 19.1. The highest BCUT2D eigenvalue weighted by Gasteiger charge is 2.19. The molecule has 2 heterocycles. The van der Waals surface area contributed by atoms with Gasteiger partial charge in [-0.15, -0.1) is 0 Å². The molecule has 0 saturated heterocycles. The second-order valence-corrected chi connectivity index (χ2v) is 7.60. The fraction of sp³-hybridized carbons (Fsp3) is 0.185. The molecule has 0 spiro atoms. The second-order valence-electron chi connectivity index (χ2n) is 7.60. The summed E-state index contributed by atoms with van der Waals surface area (Å²) in [5, 5.41) is 3.74. The first kappa shape index (κ1) is 22.1. The maximum Gasteiger partial charge on any atom is 0.249 e. The Morgan fingerprint density at radius 2 is 1.97 bits per heavy atom. The van der Waals surface area contributed by atoms with E-state index in [4.69, 9.17) is 13.9 Å². The zero-order valence-electron chi connectivity index (χ0n) is 19.1. The summed E-state index contributed by atoms with van der Waals surface area (Å²) in [5.41, 5.74) is 5.25. The first-order valence-electron chi connectivity index (χ1n) is 10.7. The minimum atomic E-state index is -0.256. The molecule has 0 radical (unpaired) electrons. The highest BCUT2D eigenvalue weighted by molar-refractivity contribution is 6.05. The SMILES string of the molecule is CCOc1c(/C(C)=C/C(=O)Nc2ccccn2)cc2c(-c3ccc(OC)cc3)coc2c1C. The van der Waals surface area contributed by atoms with Crippen LogP contribution < -0.4 is 14.8 Å². The van der Waals surface area contributed by atoms with Crippen LogP contribution in [0.4, 0.5) is 5.82 Å². The van der Waals surface area contributed by atoms with E-state index in [1.165, 1.54) is 0 Å². The summed E-state index contributed by atoms with van der Waals surface area (Å²) in [4.78, 5) is 16.8. The van der Waals surface area contributed by atoms with Gasteiger partial charge in [-0.25, -0.2) is 4.98 Å². The van der Waals surface area contributed by atoms with E-state index in [-0.39, 0.29) is 5.91 Å². The largest absolute Gasteiger partial charge is 0.497 e. The average Bonchev–Trinajstić information content (AvgIpc) is 3.25. The lowest BCUT2D eigenvalue weighted by Crippen LogP contribution is -2.10. The van der Waals surface area contributed by atoms with Gasteiger partial charge in [-0.2, -0.15) is 0 Å². The van der Waals surface area contributed by atoms with Gasteiger partial charge in [-0.05, 0) is 62.2 Å². The van der Waals surface area contributed by atoms with Crippen molar-refractivity contribution in [3.63, 3.8) is 0 Å². The summed E-state index contributed by atoms with van der Waals surface area (Å²) in [6, 6.07) is 15.2. The molecule has 0 aliphatic carbocycles. The molecule has 6 nitrogen and oxygen atoms in total. The Labute approximate surface area is 192 Å². The first-order valence-corrected chi connectivity index (χ1v) is 10.7. The number of benzene rings is 2. The molecule has 33 heavy (non-hydrogen) atoms. The number of hydrogen-bond donors (Lipinski definition) is 1. The molecule has 1 amide bonds. The van der Waals surface area contributed by atoms with Gasteiger partial charge in [0.2, 0.25) is 5.91 Å². The van der Waals surface area contributed by atoms with Gasteiger partial charge >= 0.3 is 0 Å². The molecule has 0 fully saturated rings. The molecule has 168 valence electrons. The lowest BCUT2D eigenvalue weighted by molar-refractivity contribution is -0.111. The van der Waals surface area contributed by atoms with E-state index in [1.54, 1.807) is 37.8 Å². The molecule has 6 heteroatoms. The molecular formula is C27H26N2O4. The number of amides is 1. The Morgan fingerprint density at radius 3 is 2.64 bits per heavy atom. The van der Waals surface area contributed by atoms with Crippen LogP contribution in [-0.2, 0) is 4.79 Å². The van der Waals surface area contributed by atoms with E-state index >= 15 is 0 Å². The Balaban J connectivity index is 1.78. The van der Waals surface area contributed by atoms with Crippen molar-refractivity contribution in [3.8, 4) is 22.6 Å². The summed E-state index contributed by atoms with van der Waals surface area (Å²) in [6.45, 7) is 6.30. The van der Waals surface area contributed by atoms with Gasteiger partial charge in [0.25, 0.3) is 0 Å². The van der Waals surface area contributed by atoms with Gasteiger partial charge in [0.15, 0.2) is 0 Å². The van der Waals surface area contributed by atoms with Crippen LogP contribution in [0.15, 0.2) is 71.5 Å². The van der Waals surface area contributed by atoms with Gasteiger partial charge < -0.3 is 19.2 Å². The van der Waals surface area contributed by atoms with Crippen LogP contribution in [0.5, 0.6) is 11.5 Å². The summed E-state index contributed by atoms with van der Waals surface area (Å²) < 4.78 is 17.2. The number of carbonyl (C=O) groups excluding carboxylic acids is 1. The molecule has 0 atom stereocenters. The van der Waals surface area contributed by atoms with Crippen LogP contribution in [0.1, 0.15) is 25.0 Å². The topological polar surface area (TPSA) is 73.6 Å². The molecule has 4 rings (SSSR count). The third-order valence-electron chi connectivity index (χ3n) is 5.42. The van der Waals surface area contributed by atoms with Gasteiger partial charge in [-0.3, -0.25) is 4.79 Å². The standard InChI is InChI=1S/C27H26N2O4/c1-5-32-26-18(3)27-22(23(16-33-27)19-9-11-20(31-4)12-10-19)15-21(26)17(2)14-25(30)29-24-8-6-7-13-28-24/h6-16H,5H2,1-4H3,(H,28,29,30)/b17-14+. The number of nitrogens with zero attached hydrogens (tertiary/aromatic N) is 1. The molecule has 0 aliphatic heterocycles. The number of methoxy groups -OCH3 is 1. The number of aromatic nitrogens is 1. The molecule has 0 bridgehead atoms. The van der Waals surface area contributed by atoms with Gasteiger partial charge in [0, 0.05) is 34.3 Å². The van der Waals surface area contributed by atoms with E-state index in [0.29, 0.717) is 18.2 Å². The highest BCUT2D eigenvalue weighted by atomic mass is 16.5. The lowest BCUT2D eigenvalue weighted by Gasteiger charge is -2.15. The smallest absolute Gasteiger partial charge is 0.249 e. The highest BCUT2D eigenvalue weighted by Crippen LogP contribution is 2.41. The number of hydrogen-bond acceptors (Lipinski definition) is 5. The number of rotatable bonds is 7. The number of fused-ring (bicyclic) bond motifs is 1. The van der Waals surface area contributed by atoms with Crippen molar-refractivity contribution in [1.29, 1.82) is 0 Å². The fourth-order valence-corrected chi connectivity index (χ4v) is 3.81. The summed E-state index contributed by atoms with van der Waals surface area (Å²) in [7, 11) is 1.65. The molecule has 1 N–H and O–H groups in total. The predicted molar refractivity (Wildman–Crippen MR) is 131 cm³/mol. The normalized spacial score (nSPS) is 11.5. The van der Waals surface area contributed by atoms with E-state index in [9.17, 15) is 4.79 Å². The molecular weight excluding hydrogens is 416 g/mol. The van der Waals surface area contributed by atoms with Crippen molar-refractivity contribution < 1.29 is 18.7 Å². The predicted octanol–water partition coefficient (Wildman–Crippen LogP) is 6.25. The van der Waals surface area contributed by atoms with Crippen molar-refractivity contribution in [3.05, 3.63) is 78.2 Å². The zero-order chi connectivity index (χ0) is 23.4. The van der Waals surface area contributed by atoms with Crippen LogP contribution in [0.2, 0.25) is 0 Å². The molecule has 2 aromatic heterocycles. The van der Waals surface area contributed by atoms with E-state index < -0.39 is 0 Å². The van der Waals surface area contributed by atoms with Gasteiger partial charge in [0.1, 0.15) is 22.9 Å². The first-order chi connectivity index (χ1) is 16.0. The Hall–Kier alpha value is -4.06. The Bertz CT molecular complexity index is 1310. The fourth-order valence-electron chi connectivity index (χ4n) is 3.81. The van der Waals surface area contributed by atoms with Crippen molar-refractivity contribution in [2.24, 2.45) is 0 Å². The lowest BCUT2D eigenvalue weighted by atomic mass is 9.96. The van der Waals surface area contributed by atoms with Crippen LogP contribution in [-0.4, -0.2) is 24.6 Å². The van der Waals surface area contributed by atoms with Gasteiger partial charge in [-0.1, -0.05) is 18.2 Å². The van der Waals surface area contributed by atoms with Crippen LogP contribution in [0, 0.1) is 6.92 Å². The number of carbonyl (C=O) groups is 1. The number of ether oxygens (including phenoxy) is 2. The third kappa shape index (κ3) is 4.60. The molecule has 2 aromatic carbocycles. The number of allylic oxidation sites excluding steroid dienone is 1. The third-order valence-corrected chi connectivity index (χ3v) is 5.42. The number of anilines is 1. The van der Waals surface area contributed by atoms with Crippen molar-refractivity contribution in [2.75, 3.05) is 19.0 Å². The van der Waals surface area contributed by atoms with Crippen molar-refractivity contribution in [2.45, 2.75) is 20.8 Å². The monoisotopic (exact) mass is 442 g/mol. The van der Waals surface area contributed by atoms with E-state index in [0.717, 1.165) is 44.5 Å². The molecule has 4 aromatic rings. The van der Waals surface area contributed by atoms with Crippen LogP contribution in [0.25, 0.3) is 27.7 Å². The summed E-state index contributed by atoms with van der Waals surface area (Å²) in [6.07, 6.45) is 4.95. The number of aryl methyl sites for hydroxylation is 1. The number of furan rings is 1. The minimum absolute atomic E-state index is 0.256. The molecule has 0 unspecified atom stereocenters. The minimum Gasteiger partial charge on any atom is -0.497 e. The van der Waals surface area contributed by atoms with Crippen molar-refractivity contribution in [1.82, 2.24) is 4.98 Å². The van der Waals surface area contributed by atoms with Crippen LogP contribution >= 0.6 is 0 Å². The second kappa shape index (κ2) is 9.61. The quantitative estimate of drug-likeness (QED) is 0.342. The Kier molecular flexibility index (Phi) is 6.45. The van der Waals surface area contributed by atoms with E-state index in [1.807, 2.05) is 57.2 Å². The molecule has 0 saturated carbocycles. The number of pyridine rings is 1. The average molecular weight is 443 g/mol. The van der Waals surface area contributed by atoms with Crippen molar-refractivity contribution >= 4 is 28.3 Å². The van der Waals surface area contributed by atoms with Crippen LogP contribution in [0.3, 0.4) is 0 Å². The van der Waals surface area contributed by atoms with Gasteiger partial charge in [0.05, 0.1) is 20.0 Å². The van der Waals surface area contributed by atoms with E-state index in [2.05, 4.69) is 10.3 Å². The Morgan fingerprint density at radius 1 is 1.18 bits per heavy atom. The maximum absolute atomic E-state index is 12.6. The maximum atomic E-state index is 12.6. The summed E-state index contributed by atoms with van der Waals surface area (Å²) >= 11 is 0. The molecule has 0 aliphatic rings. The number of nitrogens with one attached hydrogen (secondary N) is 1. The summed E-state index contributed by atoms with van der Waals surface area (Å²) in [5.74, 6) is 1.74.